The second-order valence-corrected chi connectivity index (χ2v) is 15.1. The highest BCUT2D eigenvalue weighted by Gasteiger charge is 2.39. The van der Waals surface area contributed by atoms with Gasteiger partial charge >= 0.3 is 0 Å². The van der Waals surface area contributed by atoms with E-state index in [0.717, 1.165) is 79.5 Å². The predicted molar refractivity (Wildman–Crippen MR) is 238 cm³/mol. The minimum atomic E-state index is -0.106. The Kier molecular flexibility index (Phi) is 8.88. The van der Waals surface area contributed by atoms with Gasteiger partial charge in [-0.3, -0.25) is 0 Å². The monoisotopic (exact) mass is 744 g/mol. The fourth-order valence-electron chi connectivity index (χ4n) is 8.52. The molecular weight excluding hydrogens is 705 g/mol. The maximum atomic E-state index is 5.71. The SMILES string of the molecule is CCC1(C)c2ccccc2-c2c(-c3nc(-c4ccccc4)c(-c4cccc(-c5nc(-c6ccccc6)cc(-c6ccccc6)n5)c4)nc3-c3ccccc3)cccc21. The van der Waals surface area contributed by atoms with Crippen LogP contribution in [0.5, 0.6) is 0 Å². The molecule has 0 N–H and O–H groups in total. The second kappa shape index (κ2) is 14.6. The van der Waals surface area contributed by atoms with Gasteiger partial charge in [0.2, 0.25) is 0 Å². The highest BCUT2D eigenvalue weighted by atomic mass is 14.9. The molecule has 7 aromatic carbocycles. The highest BCUT2D eigenvalue weighted by molar-refractivity contribution is 5.96. The van der Waals surface area contributed by atoms with Crippen molar-refractivity contribution in [3.63, 3.8) is 0 Å². The molecular formula is C54H40N4. The molecule has 2 heterocycles. The van der Waals surface area contributed by atoms with E-state index in [1.54, 1.807) is 0 Å². The lowest BCUT2D eigenvalue weighted by atomic mass is 9.78. The summed E-state index contributed by atoms with van der Waals surface area (Å²) in [5, 5.41) is 0. The Morgan fingerprint density at radius 3 is 1.40 bits per heavy atom. The van der Waals surface area contributed by atoms with Crippen molar-refractivity contribution in [1.29, 1.82) is 0 Å². The minimum absolute atomic E-state index is 0.106. The van der Waals surface area contributed by atoms with Crippen molar-refractivity contribution in [1.82, 2.24) is 19.9 Å². The van der Waals surface area contributed by atoms with Crippen LogP contribution in [-0.4, -0.2) is 19.9 Å². The van der Waals surface area contributed by atoms with E-state index in [9.17, 15) is 0 Å². The van der Waals surface area contributed by atoms with Crippen LogP contribution in [0.4, 0.5) is 0 Å². The number of benzene rings is 7. The van der Waals surface area contributed by atoms with Gasteiger partial charge in [-0.2, -0.15) is 0 Å². The average molecular weight is 745 g/mol. The van der Waals surface area contributed by atoms with Crippen molar-refractivity contribution >= 4 is 0 Å². The van der Waals surface area contributed by atoms with Crippen molar-refractivity contribution < 1.29 is 0 Å². The topological polar surface area (TPSA) is 51.6 Å². The summed E-state index contributed by atoms with van der Waals surface area (Å²) in [6.07, 6.45) is 0.993. The minimum Gasteiger partial charge on any atom is -0.243 e. The summed E-state index contributed by atoms with van der Waals surface area (Å²) in [6, 6.07) is 67.6. The van der Waals surface area contributed by atoms with Crippen molar-refractivity contribution in [3.05, 3.63) is 205 Å². The Morgan fingerprint density at radius 2 is 0.793 bits per heavy atom. The Labute approximate surface area is 339 Å². The van der Waals surface area contributed by atoms with Gasteiger partial charge in [0.1, 0.15) is 0 Å². The summed E-state index contributed by atoms with van der Waals surface area (Å²) in [4.78, 5) is 21.7. The standard InChI is InChI=1S/C54H40N4/c1-3-54(2)44-32-17-16-30-42(44)48-43(31-19-33-45(48)54)52-50(39-26-14-7-15-27-39)57-51(49(58-52)38-24-12-6-13-25-38)40-28-18-29-41(34-40)53-55-46(36-20-8-4-9-21-36)35-47(56-53)37-22-10-5-11-23-37/h4-35H,3H2,1-2H3. The first kappa shape index (κ1) is 35.1. The average Bonchev–Trinajstić information content (AvgIpc) is 3.57. The maximum Gasteiger partial charge on any atom is 0.160 e. The molecule has 0 amide bonds. The number of fused-ring (bicyclic) bond motifs is 3. The van der Waals surface area contributed by atoms with E-state index in [0.29, 0.717) is 5.82 Å². The Morgan fingerprint density at radius 1 is 0.362 bits per heavy atom. The van der Waals surface area contributed by atoms with E-state index in [-0.39, 0.29) is 5.41 Å². The molecule has 0 fully saturated rings. The lowest BCUT2D eigenvalue weighted by Gasteiger charge is -2.26. The van der Waals surface area contributed by atoms with Gasteiger partial charge in [0.05, 0.1) is 34.2 Å². The number of hydrogen-bond acceptors (Lipinski definition) is 4. The summed E-state index contributed by atoms with van der Waals surface area (Å²) in [5.74, 6) is 0.647. The molecule has 0 radical (unpaired) electrons. The molecule has 2 aromatic heterocycles. The van der Waals surface area contributed by atoms with Crippen LogP contribution in [-0.2, 0) is 5.41 Å². The molecule has 1 aliphatic rings. The molecule has 0 aliphatic heterocycles. The Bertz CT molecular complexity index is 2870. The van der Waals surface area contributed by atoms with Crippen LogP contribution in [0.3, 0.4) is 0 Å². The van der Waals surface area contributed by atoms with E-state index in [1.165, 1.54) is 22.3 Å². The normalized spacial score (nSPS) is 14.2. The molecule has 4 nitrogen and oxygen atoms in total. The fraction of sp³-hybridized carbons (Fsp3) is 0.0741. The molecule has 0 saturated heterocycles. The second-order valence-electron chi connectivity index (χ2n) is 15.1. The maximum absolute atomic E-state index is 5.71. The summed E-state index contributed by atoms with van der Waals surface area (Å²) >= 11 is 0. The van der Waals surface area contributed by atoms with E-state index < -0.39 is 0 Å². The third kappa shape index (κ3) is 6.11. The van der Waals surface area contributed by atoms with Crippen LogP contribution in [0.25, 0.3) is 90.1 Å². The Balaban J connectivity index is 1.21. The van der Waals surface area contributed by atoms with Crippen LogP contribution < -0.4 is 0 Å². The van der Waals surface area contributed by atoms with Crippen molar-refractivity contribution in [3.8, 4) is 90.1 Å². The zero-order valence-corrected chi connectivity index (χ0v) is 32.5. The van der Waals surface area contributed by atoms with Crippen LogP contribution in [0.15, 0.2) is 194 Å². The molecule has 1 atom stereocenters. The molecule has 9 aromatic rings. The van der Waals surface area contributed by atoms with Crippen LogP contribution in [0.2, 0.25) is 0 Å². The molecule has 58 heavy (non-hydrogen) atoms. The van der Waals surface area contributed by atoms with Gasteiger partial charge in [-0.25, -0.2) is 19.9 Å². The van der Waals surface area contributed by atoms with Crippen molar-refractivity contribution in [2.75, 3.05) is 0 Å². The van der Waals surface area contributed by atoms with Gasteiger partial charge in [-0.15, -0.1) is 0 Å². The van der Waals surface area contributed by atoms with Crippen LogP contribution >= 0.6 is 0 Å². The first-order valence-corrected chi connectivity index (χ1v) is 20.0. The van der Waals surface area contributed by atoms with Crippen molar-refractivity contribution in [2.45, 2.75) is 25.7 Å². The molecule has 1 unspecified atom stereocenters. The Hall–Kier alpha value is -7.30. The zero-order chi connectivity index (χ0) is 39.1. The van der Waals surface area contributed by atoms with Gasteiger partial charge in [0.15, 0.2) is 5.82 Å². The number of hydrogen-bond donors (Lipinski definition) is 0. The molecule has 276 valence electrons. The van der Waals surface area contributed by atoms with E-state index in [2.05, 4.69) is 166 Å². The fourth-order valence-corrected chi connectivity index (χ4v) is 8.52. The van der Waals surface area contributed by atoms with Gasteiger partial charge in [0, 0.05) is 44.4 Å². The summed E-state index contributed by atoms with van der Waals surface area (Å²) in [5.41, 5.74) is 17.1. The van der Waals surface area contributed by atoms with E-state index in [4.69, 9.17) is 19.9 Å². The number of nitrogens with zero attached hydrogens (tertiary/aromatic N) is 4. The van der Waals surface area contributed by atoms with Crippen LogP contribution in [0.1, 0.15) is 31.4 Å². The smallest absolute Gasteiger partial charge is 0.160 e. The lowest BCUT2D eigenvalue weighted by Crippen LogP contribution is -2.19. The third-order valence-electron chi connectivity index (χ3n) is 11.7. The molecule has 4 heteroatoms. The van der Waals surface area contributed by atoms with Gasteiger partial charge in [-0.05, 0) is 40.8 Å². The molecule has 0 saturated carbocycles. The largest absolute Gasteiger partial charge is 0.243 e. The molecule has 0 spiro atoms. The van der Waals surface area contributed by atoms with Gasteiger partial charge in [-0.1, -0.05) is 196 Å². The molecule has 10 rings (SSSR count). The van der Waals surface area contributed by atoms with E-state index in [1.807, 2.05) is 42.5 Å². The molecule has 0 bridgehead atoms. The van der Waals surface area contributed by atoms with Gasteiger partial charge in [0.25, 0.3) is 0 Å². The summed E-state index contributed by atoms with van der Waals surface area (Å²) < 4.78 is 0. The van der Waals surface area contributed by atoms with Gasteiger partial charge < -0.3 is 0 Å². The van der Waals surface area contributed by atoms with Crippen molar-refractivity contribution in [2.24, 2.45) is 0 Å². The summed E-state index contributed by atoms with van der Waals surface area (Å²) in [7, 11) is 0. The number of aromatic nitrogens is 4. The third-order valence-corrected chi connectivity index (χ3v) is 11.7. The molecule has 1 aliphatic carbocycles. The summed E-state index contributed by atoms with van der Waals surface area (Å²) in [6.45, 7) is 4.66. The van der Waals surface area contributed by atoms with E-state index >= 15 is 0 Å². The number of rotatable bonds is 8. The lowest BCUT2D eigenvalue weighted by molar-refractivity contribution is 0.564. The highest BCUT2D eigenvalue weighted by Crippen LogP contribution is 2.54. The first-order valence-electron chi connectivity index (χ1n) is 20.0. The predicted octanol–water partition coefficient (Wildman–Crippen LogP) is 13.6. The zero-order valence-electron chi connectivity index (χ0n) is 32.5. The first-order chi connectivity index (χ1) is 28.6. The van der Waals surface area contributed by atoms with Crippen LogP contribution in [0, 0.1) is 0 Å². The quantitative estimate of drug-likeness (QED) is 0.155.